The number of amides is 1. The van der Waals surface area contributed by atoms with Crippen molar-refractivity contribution < 1.29 is 18.5 Å². The van der Waals surface area contributed by atoms with Crippen LogP contribution in [-0.4, -0.2) is 23.4 Å². The molecule has 1 amide bonds. The monoisotopic (exact) mass is 271 g/mol. The second-order valence-electron chi connectivity index (χ2n) is 4.17. The predicted molar refractivity (Wildman–Crippen MR) is 62.7 cm³/mol. The highest BCUT2D eigenvalue weighted by atomic mass is 19.1. The lowest BCUT2D eigenvalue weighted by Crippen LogP contribution is -2.44. The van der Waals surface area contributed by atoms with Gasteiger partial charge in [-0.1, -0.05) is 0 Å². The van der Waals surface area contributed by atoms with E-state index >= 15 is 0 Å². The lowest BCUT2D eigenvalue weighted by molar-refractivity contribution is -0.386. The van der Waals surface area contributed by atoms with Crippen molar-refractivity contribution in [2.24, 2.45) is 0 Å². The number of carbonyl (C=O) groups excluding carboxylic acids is 1. The maximum Gasteiger partial charge on any atom is 0.327 e. The van der Waals surface area contributed by atoms with Gasteiger partial charge in [-0.2, -0.15) is 4.39 Å². The van der Waals surface area contributed by atoms with Gasteiger partial charge < -0.3 is 10.6 Å². The Kier molecular flexibility index (Phi) is 3.59. The summed E-state index contributed by atoms with van der Waals surface area (Å²) in [7, 11) is 0. The fourth-order valence-electron chi connectivity index (χ4n) is 1.96. The fraction of sp³-hybridized carbons (Fsp3) is 0.364. The van der Waals surface area contributed by atoms with Gasteiger partial charge >= 0.3 is 5.69 Å². The molecular formula is C11H11F2N3O3. The number of nitro benzene ring substituents is 1. The molecule has 0 aromatic heterocycles. The van der Waals surface area contributed by atoms with Crippen LogP contribution in [0.15, 0.2) is 12.1 Å². The van der Waals surface area contributed by atoms with Gasteiger partial charge in [-0.15, -0.1) is 0 Å². The Morgan fingerprint density at radius 1 is 1.42 bits per heavy atom. The molecule has 1 unspecified atom stereocenters. The van der Waals surface area contributed by atoms with Gasteiger partial charge in [0.1, 0.15) is 17.5 Å². The molecule has 0 saturated carbocycles. The number of piperidine rings is 1. The minimum Gasteiger partial charge on any atom is -0.368 e. The van der Waals surface area contributed by atoms with Gasteiger partial charge in [-0.3, -0.25) is 14.9 Å². The molecule has 1 fully saturated rings. The molecule has 1 aromatic rings. The zero-order chi connectivity index (χ0) is 14.0. The molecule has 102 valence electrons. The van der Waals surface area contributed by atoms with Gasteiger partial charge in [-0.25, -0.2) is 4.39 Å². The summed E-state index contributed by atoms with van der Waals surface area (Å²) in [6, 6.07) is 0.515. The van der Waals surface area contributed by atoms with Gasteiger partial charge in [0.15, 0.2) is 0 Å². The van der Waals surface area contributed by atoms with Crippen LogP contribution in [0.2, 0.25) is 0 Å². The molecule has 1 atom stereocenters. The van der Waals surface area contributed by atoms with Crippen LogP contribution < -0.4 is 10.6 Å². The SMILES string of the molecule is O=C1NCCCC1Nc1cc(F)cc(F)c1[N+](=O)[O-]. The Hall–Kier alpha value is -2.25. The zero-order valence-electron chi connectivity index (χ0n) is 9.78. The first-order chi connectivity index (χ1) is 8.99. The molecular weight excluding hydrogens is 260 g/mol. The molecule has 0 aliphatic carbocycles. The Morgan fingerprint density at radius 2 is 2.16 bits per heavy atom. The summed E-state index contributed by atoms with van der Waals surface area (Å²) in [5.74, 6) is -2.56. The van der Waals surface area contributed by atoms with Crippen LogP contribution in [0.1, 0.15) is 12.8 Å². The number of nitro groups is 1. The first-order valence-electron chi connectivity index (χ1n) is 5.66. The van der Waals surface area contributed by atoms with Gasteiger partial charge in [0.05, 0.1) is 4.92 Å². The van der Waals surface area contributed by atoms with Crippen LogP contribution >= 0.6 is 0 Å². The molecule has 0 radical (unpaired) electrons. The van der Waals surface area contributed by atoms with Gasteiger partial charge in [0.2, 0.25) is 11.7 Å². The van der Waals surface area contributed by atoms with Crippen molar-refractivity contribution in [1.29, 1.82) is 0 Å². The number of anilines is 1. The smallest absolute Gasteiger partial charge is 0.327 e. The molecule has 6 nitrogen and oxygen atoms in total. The molecule has 1 saturated heterocycles. The zero-order valence-corrected chi connectivity index (χ0v) is 9.78. The van der Waals surface area contributed by atoms with E-state index in [4.69, 9.17) is 0 Å². The van der Waals surface area contributed by atoms with E-state index in [0.29, 0.717) is 25.5 Å². The van der Waals surface area contributed by atoms with E-state index in [9.17, 15) is 23.7 Å². The van der Waals surface area contributed by atoms with Crippen molar-refractivity contribution in [3.8, 4) is 0 Å². The van der Waals surface area contributed by atoms with Crippen LogP contribution in [-0.2, 0) is 4.79 Å². The minimum absolute atomic E-state index is 0.329. The summed E-state index contributed by atoms with van der Waals surface area (Å²) in [6.07, 6.45) is 1.14. The van der Waals surface area contributed by atoms with Crippen molar-refractivity contribution in [3.63, 3.8) is 0 Å². The van der Waals surface area contributed by atoms with E-state index in [0.717, 1.165) is 6.07 Å². The number of carbonyl (C=O) groups is 1. The van der Waals surface area contributed by atoms with Crippen molar-refractivity contribution in [1.82, 2.24) is 5.32 Å². The molecule has 1 aliphatic heterocycles. The largest absolute Gasteiger partial charge is 0.368 e. The number of hydrogen-bond acceptors (Lipinski definition) is 4. The first-order valence-corrected chi connectivity index (χ1v) is 5.66. The third-order valence-electron chi connectivity index (χ3n) is 2.83. The molecule has 2 rings (SSSR count). The van der Waals surface area contributed by atoms with Gasteiger partial charge in [0.25, 0.3) is 0 Å². The second kappa shape index (κ2) is 5.17. The molecule has 0 bridgehead atoms. The van der Waals surface area contributed by atoms with Crippen LogP contribution in [0, 0.1) is 21.7 Å². The van der Waals surface area contributed by atoms with E-state index in [-0.39, 0.29) is 11.6 Å². The number of benzene rings is 1. The van der Waals surface area contributed by atoms with Crippen LogP contribution in [0.5, 0.6) is 0 Å². The summed E-state index contributed by atoms with van der Waals surface area (Å²) in [5, 5.41) is 15.9. The highest BCUT2D eigenvalue weighted by Gasteiger charge is 2.27. The average Bonchev–Trinajstić information content (AvgIpc) is 2.30. The van der Waals surface area contributed by atoms with Crippen molar-refractivity contribution in [2.45, 2.75) is 18.9 Å². The van der Waals surface area contributed by atoms with E-state index in [1.165, 1.54) is 0 Å². The Labute approximate surface area is 106 Å². The van der Waals surface area contributed by atoms with E-state index < -0.39 is 28.3 Å². The lowest BCUT2D eigenvalue weighted by Gasteiger charge is -2.23. The molecule has 19 heavy (non-hydrogen) atoms. The van der Waals surface area contributed by atoms with Crippen molar-refractivity contribution >= 4 is 17.3 Å². The highest BCUT2D eigenvalue weighted by Crippen LogP contribution is 2.30. The molecule has 0 spiro atoms. The predicted octanol–water partition coefficient (Wildman–Crippen LogP) is 1.56. The lowest BCUT2D eigenvalue weighted by atomic mass is 10.1. The standard InChI is InChI=1S/C11H11F2N3O3/c12-6-4-7(13)10(16(18)19)9(5-6)15-8-2-1-3-14-11(8)17/h4-5,8,15H,1-3H2,(H,14,17). The summed E-state index contributed by atoms with van der Waals surface area (Å²) >= 11 is 0. The van der Waals surface area contributed by atoms with Crippen LogP contribution in [0.4, 0.5) is 20.2 Å². The maximum atomic E-state index is 13.4. The molecule has 1 aromatic carbocycles. The first kappa shape index (κ1) is 13.2. The van der Waals surface area contributed by atoms with Crippen molar-refractivity contribution in [2.75, 3.05) is 11.9 Å². The Bertz CT molecular complexity index is 536. The van der Waals surface area contributed by atoms with Crippen LogP contribution in [0.3, 0.4) is 0 Å². The second-order valence-corrected chi connectivity index (χ2v) is 4.17. The van der Waals surface area contributed by atoms with Gasteiger partial charge in [-0.05, 0) is 12.8 Å². The number of nitrogens with zero attached hydrogens (tertiary/aromatic N) is 1. The molecule has 1 heterocycles. The highest BCUT2D eigenvalue weighted by molar-refractivity contribution is 5.86. The van der Waals surface area contributed by atoms with E-state index in [1.807, 2.05) is 0 Å². The number of halogens is 2. The number of hydrogen-bond donors (Lipinski definition) is 2. The fourth-order valence-corrected chi connectivity index (χ4v) is 1.96. The normalized spacial score (nSPS) is 18.8. The summed E-state index contributed by atoms with van der Waals surface area (Å²) in [6.45, 7) is 0.524. The van der Waals surface area contributed by atoms with Gasteiger partial charge in [0, 0.05) is 18.7 Å². The van der Waals surface area contributed by atoms with E-state index in [2.05, 4.69) is 10.6 Å². The number of rotatable bonds is 3. The average molecular weight is 271 g/mol. The Morgan fingerprint density at radius 3 is 2.79 bits per heavy atom. The molecule has 1 aliphatic rings. The quantitative estimate of drug-likeness (QED) is 0.645. The Balaban J connectivity index is 2.33. The third kappa shape index (κ3) is 2.78. The summed E-state index contributed by atoms with van der Waals surface area (Å²) in [5.41, 5.74) is -1.19. The minimum atomic E-state index is -1.27. The van der Waals surface area contributed by atoms with E-state index in [1.54, 1.807) is 0 Å². The van der Waals surface area contributed by atoms with Crippen molar-refractivity contribution in [3.05, 3.63) is 33.9 Å². The third-order valence-corrected chi connectivity index (χ3v) is 2.83. The molecule has 2 N–H and O–H groups in total. The topological polar surface area (TPSA) is 84.3 Å². The summed E-state index contributed by atoms with van der Waals surface area (Å²) in [4.78, 5) is 21.4. The van der Waals surface area contributed by atoms with Crippen LogP contribution in [0.25, 0.3) is 0 Å². The molecule has 8 heteroatoms. The number of nitrogens with one attached hydrogen (secondary N) is 2. The maximum absolute atomic E-state index is 13.4. The summed E-state index contributed by atoms with van der Waals surface area (Å²) < 4.78 is 26.5.